The van der Waals surface area contributed by atoms with Crippen molar-refractivity contribution in [2.75, 3.05) is 33.3 Å². The number of likely N-dealkylation sites (tertiary alicyclic amines) is 2. The van der Waals surface area contributed by atoms with E-state index in [1.807, 2.05) is 36.1 Å². The number of ether oxygens (including phenoxy) is 2. The quantitative estimate of drug-likeness (QED) is 0.302. The fourth-order valence-electron chi connectivity index (χ4n) is 5.77. The number of carbonyl (C=O) groups is 2. The lowest BCUT2D eigenvalue weighted by atomic mass is 10.0. The highest BCUT2D eigenvalue weighted by atomic mass is 32.1. The molecule has 224 valence electrons. The lowest BCUT2D eigenvalue weighted by molar-refractivity contribution is 0.0590. The lowest BCUT2D eigenvalue weighted by Gasteiger charge is -2.32. The second-order valence-electron chi connectivity index (χ2n) is 11.3. The monoisotopic (exact) mass is 599 g/mol. The van der Waals surface area contributed by atoms with Crippen LogP contribution in [0.1, 0.15) is 57.1 Å². The van der Waals surface area contributed by atoms with Gasteiger partial charge >= 0.3 is 0 Å². The summed E-state index contributed by atoms with van der Waals surface area (Å²) in [6.45, 7) is 5.94. The maximum Gasteiger partial charge on any atom is 0.272 e. The Kier molecular flexibility index (Phi) is 8.85. The Balaban J connectivity index is 0.941. The number of carbonyl (C=O) groups excluding carboxylic acids is 2. The molecule has 0 saturated carbocycles. The van der Waals surface area contributed by atoms with Gasteiger partial charge in [-0.15, -0.1) is 11.3 Å². The fourth-order valence-corrected chi connectivity index (χ4v) is 6.58. The van der Waals surface area contributed by atoms with Gasteiger partial charge in [-0.2, -0.15) is 0 Å². The molecule has 4 heterocycles. The van der Waals surface area contributed by atoms with Gasteiger partial charge in [0.1, 0.15) is 23.3 Å². The Morgan fingerprint density at radius 3 is 2.40 bits per heavy atom. The minimum atomic E-state index is -0.149. The van der Waals surface area contributed by atoms with Crippen LogP contribution in [0.25, 0.3) is 10.2 Å². The maximum atomic E-state index is 13.1. The molecule has 0 spiro atoms. The molecule has 43 heavy (non-hydrogen) atoms. The molecule has 6 rings (SSSR count). The third-order valence-electron chi connectivity index (χ3n) is 8.23. The normalized spacial score (nSPS) is 16.7. The number of fused-ring (bicyclic) bond motifs is 1. The third-order valence-corrected chi connectivity index (χ3v) is 9.18. The second-order valence-corrected chi connectivity index (χ2v) is 12.5. The molecule has 0 aliphatic carbocycles. The molecule has 2 saturated heterocycles. The van der Waals surface area contributed by atoms with E-state index >= 15 is 0 Å². The van der Waals surface area contributed by atoms with Crippen molar-refractivity contribution in [2.24, 2.45) is 0 Å². The SMILES string of the molecule is COc1ccc(CN2CCC(NC(=O)c3ccc(C(=O)N4CCC(Oc5ccc6sc(C)nc6c5)CC4)nc3)CC2)cc1. The number of aryl methyl sites for hydroxylation is 1. The average Bonchev–Trinajstić information content (AvgIpc) is 3.42. The molecule has 2 aromatic carbocycles. The van der Waals surface area contributed by atoms with E-state index in [1.54, 1.807) is 30.6 Å². The summed E-state index contributed by atoms with van der Waals surface area (Å²) < 4.78 is 12.6. The topological polar surface area (TPSA) is 96.9 Å². The van der Waals surface area contributed by atoms with Gasteiger partial charge in [0, 0.05) is 63.9 Å². The Morgan fingerprint density at radius 1 is 0.953 bits per heavy atom. The van der Waals surface area contributed by atoms with Gasteiger partial charge in [-0.1, -0.05) is 12.1 Å². The van der Waals surface area contributed by atoms with Crippen molar-refractivity contribution >= 4 is 33.4 Å². The van der Waals surface area contributed by atoms with Crippen LogP contribution in [-0.2, 0) is 6.54 Å². The number of methoxy groups -OCH3 is 1. The molecule has 0 unspecified atom stereocenters. The minimum absolute atomic E-state index is 0.0505. The van der Waals surface area contributed by atoms with Gasteiger partial charge in [-0.25, -0.2) is 4.98 Å². The molecule has 1 N–H and O–H groups in total. The summed E-state index contributed by atoms with van der Waals surface area (Å²) in [6, 6.07) is 17.7. The Hall–Kier alpha value is -4.02. The van der Waals surface area contributed by atoms with E-state index in [1.165, 1.54) is 11.8 Å². The van der Waals surface area contributed by atoms with Crippen LogP contribution in [0.3, 0.4) is 0 Å². The second kappa shape index (κ2) is 13.1. The standard InChI is InChI=1S/C33H37N5O4S/c1-22-35-30-19-28(8-10-31(30)43-22)42-27-13-17-38(18-14-27)33(40)29-9-5-24(20-34-29)32(39)36-25-11-15-37(16-12-25)21-23-3-6-26(41-2)7-4-23/h3-10,19-20,25,27H,11-18,21H2,1-2H3,(H,36,39). The van der Waals surface area contributed by atoms with E-state index < -0.39 is 0 Å². The van der Waals surface area contributed by atoms with Gasteiger partial charge in [0.05, 0.1) is 27.9 Å². The highest BCUT2D eigenvalue weighted by Gasteiger charge is 2.26. The molecule has 2 aromatic heterocycles. The predicted molar refractivity (Wildman–Crippen MR) is 167 cm³/mol. The third kappa shape index (κ3) is 7.14. The van der Waals surface area contributed by atoms with Gasteiger partial charge in [0.2, 0.25) is 0 Å². The first-order valence-electron chi connectivity index (χ1n) is 14.9. The number of benzene rings is 2. The van der Waals surface area contributed by atoms with Crippen molar-refractivity contribution in [3.63, 3.8) is 0 Å². The van der Waals surface area contributed by atoms with Crippen molar-refractivity contribution in [3.8, 4) is 11.5 Å². The van der Waals surface area contributed by atoms with Gasteiger partial charge in [-0.05, 0) is 61.7 Å². The Bertz CT molecular complexity index is 1560. The van der Waals surface area contributed by atoms with Crippen molar-refractivity contribution in [2.45, 2.75) is 51.3 Å². The predicted octanol–water partition coefficient (Wildman–Crippen LogP) is 5.09. The molecule has 2 aliphatic rings. The van der Waals surface area contributed by atoms with E-state index in [0.717, 1.165) is 72.0 Å². The highest BCUT2D eigenvalue weighted by Crippen LogP contribution is 2.27. The zero-order valence-corrected chi connectivity index (χ0v) is 25.4. The average molecular weight is 600 g/mol. The number of nitrogens with one attached hydrogen (secondary N) is 1. The van der Waals surface area contributed by atoms with E-state index in [-0.39, 0.29) is 24.0 Å². The summed E-state index contributed by atoms with van der Waals surface area (Å²) >= 11 is 1.68. The lowest BCUT2D eigenvalue weighted by Crippen LogP contribution is -2.44. The van der Waals surface area contributed by atoms with Gasteiger partial charge in [-0.3, -0.25) is 19.5 Å². The number of rotatable bonds is 8. The molecule has 0 bridgehead atoms. The number of amides is 2. The molecule has 0 radical (unpaired) electrons. The zero-order chi connectivity index (χ0) is 29.8. The summed E-state index contributed by atoms with van der Waals surface area (Å²) in [6.07, 6.45) is 4.84. The molecule has 2 aliphatic heterocycles. The van der Waals surface area contributed by atoms with Gasteiger partial charge < -0.3 is 19.7 Å². The summed E-state index contributed by atoms with van der Waals surface area (Å²) in [5.74, 6) is 1.41. The number of nitrogens with zero attached hydrogens (tertiary/aromatic N) is 4. The number of hydrogen-bond donors (Lipinski definition) is 1. The zero-order valence-electron chi connectivity index (χ0n) is 24.6. The number of thiazole rings is 1. The fraction of sp³-hybridized carbons (Fsp3) is 0.394. The molecular weight excluding hydrogens is 562 g/mol. The summed E-state index contributed by atoms with van der Waals surface area (Å²) in [7, 11) is 1.67. The highest BCUT2D eigenvalue weighted by molar-refractivity contribution is 7.18. The molecule has 10 heteroatoms. The number of hydrogen-bond acceptors (Lipinski definition) is 8. The van der Waals surface area contributed by atoms with E-state index in [2.05, 4.69) is 38.4 Å². The number of aromatic nitrogens is 2. The van der Waals surface area contributed by atoms with Crippen LogP contribution in [0.2, 0.25) is 0 Å². The Labute approximate surface area is 255 Å². The first kappa shape index (κ1) is 29.1. The summed E-state index contributed by atoms with van der Waals surface area (Å²) in [5, 5.41) is 4.19. The molecular formula is C33H37N5O4S. The van der Waals surface area contributed by atoms with Gasteiger partial charge in [0.25, 0.3) is 11.8 Å². The Morgan fingerprint density at radius 2 is 1.70 bits per heavy atom. The van der Waals surface area contributed by atoms with Crippen LogP contribution in [0, 0.1) is 6.92 Å². The minimum Gasteiger partial charge on any atom is -0.497 e. The van der Waals surface area contributed by atoms with Gasteiger partial charge in [0.15, 0.2) is 0 Å². The summed E-state index contributed by atoms with van der Waals surface area (Å²) in [5.41, 5.74) is 3.03. The maximum absolute atomic E-state index is 13.1. The van der Waals surface area contributed by atoms with E-state index in [9.17, 15) is 9.59 Å². The number of piperidine rings is 2. The largest absolute Gasteiger partial charge is 0.497 e. The van der Waals surface area contributed by atoms with Crippen molar-refractivity contribution in [1.82, 2.24) is 25.1 Å². The van der Waals surface area contributed by atoms with Crippen LogP contribution in [0.15, 0.2) is 60.8 Å². The molecule has 0 atom stereocenters. The van der Waals surface area contributed by atoms with Crippen molar-refractivity contribution in [1.29, 1.82) is 0 Å². The van der Waals surface area contributed by atoms with Crippen LogP contribution < -0.4 is 14.8 Å². The smallest absolute Gasteiger partial charge is 0.272 e. The molecule has 2 amide bonds. The summed E-state index contributed by atoms with van der Waals surface area (Å²) in [4.78, 5) is 39.1. The number of pyridine rings is 1. The van der Waals surface area contributed by atoms with E-state index in [0.29, 0.717) is 24.3 Å². The van der Waals surface area contributed by atoms with Crippen molar-refractivity contribution in [3.05, 3.63) is 82.6 Å². The first-order valence-corrected chi connectivity index (χ1v) is 15.7. The van der Waals surface area contributed by atoms with Crippen LogP contribution in [0.4, 0.5) is 0 Å². The molecule has 2 fully saturated rings. The van der Waals surface area contributed by atoms with Crippen LogP contribution in [-0.4, -0.2) is 77.0 Å². The van der Waals surface area contributed by atoms with E-state index in [4.69, 9.17) is 9.47 Å². The first-order chi connectivity index (χ1) is 20.9. The van der Waals surface area contributed by atoms with Crippen molar-refractivity contribution < 1.29 is 19.1 Å². The molecule has 4 aromatic rings. The van der Waals surface area contributed by atoms with Crippen LogP contribution >= 0.6 is 11.3 Å². The molecule has 9 nitrogen and oxygen atoms in total. The van der Waals surface area contributed by atoms with Crippen LogP contribution in [0.5, 0.6) is 11.5 Å².